The highest BCUT2D eigenvalue weighted by Gasteiger charge is 2.37. The van der Waals surface area contributed by atoms with Gasteiger partial charge in [-0.05, 0) is 39.5 Å². The molecule has 0 aromatic heterocycles. The Balaban J connectivity index is 2.78. The highest BCUT2D eigenvalue weighted by Crippen LogP contribution is 2.34. The van der Waals surface area contributed by atoms with E-state index in [2.05, 4.69) is 0 Å². The molecule has 112 valence electrons. The molecule has 0 amide bonds. The molecule has 0 radical (unpaired) electrons. The van der Waals surface area contributed by atoms with Crippen molar-refractivity contribution in [2.75, 3.05) is 0 Å². The van der Waals surface area contributed by atoms with Gasteiger partial charge in [0.1, 0.15) is 11.8 Å². The number of nitrogens with two attached hydrogens (primary N) is 1. The predicted molar refractivity (Wildman–Crippen MR) is 75.4 cm³/mol. The molecule has 0 heterocycles. The molecule has 5 nitrogen and oxygen atoms in total. The second kappa shape index (κ2) is 7.41. The normalized spacial score (nSPS) is 21.5. The van der Waals surface area contributed by atoms with Crippen molar-refractivity contribution in [3.63, 3.8) is 0 Å². The average Bonchev–Trinajstić information content (AvgIpc) is 2.28. The Labute approximate surface area is 116 Å². The zero-order valence-corrected chi connectivity index (χ0v) is 13.2. The maximum Gasteiger partial charge on any atom is 0.313 e. The van der Waals surface area contributed by atoms with Gasteiger partial charge in [-0.1, -0.05) is 19.3 Å². The fraction of sp³-hybridized carbons (Fsp3) is 0.923. The van der Waals surface area contributed by atoms with Crippen LogP contribution < -0.4 is 5.73 Å². The van der Waals surface area contributed by atoms with Gasteiger partial charge >= 0.3 is 5.97 Å². The summed E-state index contributed by atoms with van der Waals surface area (Å²) in [5.41, 5.74) is 5.33. The molecule has 0 bridgehead atoms. The molecule has 1 fully saturated rings. The summed E-state index contributed by atoms with van der Waals surface area (Å²) in [4.78, 5) is 12.3. The van der Waals surface area contributed by atoms with Crippen LogP contribution in [-0.4, -0.2) is 17.8 Å². The van der Waals surface area contributed by atoms with Crippen molar-refractivity contribution in [2.45, 2.75) is 64.7 Å². The first-order valence-corrected chi connectivity index (χ1v) is 7.87. The van der Waals surface area contributed by atoms with E-state index in [1.807, 2.05) is 20.8 Å². The molecule has 0 aromatic rings. The molecule has 0 aromatic carbocycles. The third kappa shape index (κ3) is 5.64. The van der Waals surface area contributed by atoms with Gasteiger partial charge in [0.05, 0.1) is 5.92 Å². The lowest BCUT2D eigenvalue weighted by molar-refractivity contribution is -0.166. The zero-order chi connectivity index (χ0) is 14.5. The Morgan fingerprint density at radius 3 is 2.32 bits per heavy atom. The van der Waals surface area contributed by atoms with Gasteiger partial charge in [0.2, 0.25) is 0 Å². The molecule has 6 heteroatoms. The van der Waals surface area contributed by atoms with E-state index in [4.69, 9.17) is 15.0 Å². The number of carbonyl (C=O) groups is 1. The second-order valence-corrected chi connectivity index (χ2v) is 6.62. The Morgan fingerprint density at radius 2 is 1.84 bits per heavy atom. The van der Waals surface area contributed by atoms with Gasteiger partial charge < -0.3 is 15.0 Å². The molecule has 1 rings (SSSR count). The largest absolute Gasteiger partial charge is 0.460 e. The third-order valence-corrected chi connectivity index (χ3v) is 3.83. The highest BCUT2D eigenvalue weighted by atomic mass is 31.1. The molecule has 19 heavy (non-hydrogen) atoms. The van der Waals surface area contributed by atoms with Crippen LogP contribution in [-0.2, 0) is 18.6 Å². The van der Waals surface area contributed by atoms with Crippen molar-refractivity contribution < 1.29 is 18.6 Å². The minimum absolute atomic E-state index is 0.171. The zero-order valence-electron chi connectivity index (χ0n) is 12.1. The smallest absolute Gasteiger partial charge is 0.313 e. The van der Waals surface area contributed by atoms with E-state index in [0.717, 1.165) is 25.7 Å². The number of esters is 1. The molecule has 3 atom stereocenters. The van der Waals surface area contributed by atoms with Crippen LogP contribution in [0.15, 0.2) is 0 Å². The SMILES string of the molecule is CC(C)(C)OC(=O)C(C1CCCCC1)C(N)O[PH2]=O. The molecule has 1 saturated carbocycles. The van der Waals surface area contributed by atoms with Crippen LogP contribution in [0, 0.1) is 11.8 Å². The Kier molecular flexibility index (Phi) is 6.51. The van der Waals surface area contributed by atoms with E-state index in [-0.39, 0.29) is 11.9 Å². The summed E-state index contributed by atoms with van der Waals surface area (Å²) in [6.45, 7) is 5.48. The van der Waals surface area contributed by atoms with Gasteiger partial charge in [0, 0.05) is 0 Å². The summed E-state index contributed by atoms with van der Waals surface area (Å²) in [6, 6.07) is 0. The van der Waals surface area contributed by atoms with E-state index in [1.165, 1.54) is 6.42 Å². The first-order valence-electron chi connectivity index (χ1n) is 6.92. The summed E-state index contributed by atoms with van der Waals surface area (Å²) in [6.07, 6.45) is 4.47. The molecule has 0 spiro atoms. The van der Waals surface area contributed by atoms with Gasteiger partial charge in [-0.3, -0.25) is 9.36 Å². The molecular formula is C13H26NO4P. The lowest BCUT2D eigenvalue weighted by Gasteiger charge is -2.33. The van der Waals surface area contributed by atoms with Gasteiger partial charge in [-0.25, -0.2) is 0 Å². The van der Waals surface area contributed by atoms with Gasteiger partial charge in [0.25, 0.3) is 0 Å². The number of ether oxygens (including phenoxy) is 1. The molecule has 1 aliphatic rings. The summed E-state index contributed by atoms with van der Waals surface area (Å²) < 4.78 is 21.1. The van der Waals surface area contributed by atoms with E-state index in [9.17, 15) is 9.36 Å². The molecule has 0 saturated heterocycles. The lowest BCUT2D eigenvalue weighted by Crippen LogP contribution is -2.44. The van der Waals surface area contributed by atoms with Crippen molar-refractivity contribution >= 4 is 14.7 Å². The van der Waals surface area contributed by atoms with Crippen LogP contribution in [0.2, 0.25) is 0 Å². The first-order chi connectivity index (χ1) is 8.85. The summed E-state index contributed by atoms with van der Waals surface area (Å²) in [5.74, 6) is -0.676. The van der Waals surface area contributed by atoms with Gasteiger partial charge in [0.15, 0.2) is 8.69 Å². The minimum Gasteiger partial charge on any atom is -0.460 e. The van der Waals surface area contributed by atoms with E-state index < -0.39 is 26.4 Å². The van der Waals surface area contributed by atoms with Crippen LogP contribution in [0.25, 0.3) is 0 Å². The van der Waals surface area contributed by atoms with Crippen LogP contribution in [0.1, 0.15) is 52.9 Å². The van der Waals surface area contributed by atoms with Crippen LogP contribution >= 0.6 is 8.69 Å². The molecular weight excluding hydrogens is 265 g/mol. The fourth-order valence-electron chi connectivity index (χ4n) is 2.61. The maximum atomic E-state index is 12.3. The van der Waals surface area contributed by atoms with Crippen molar-refractivity contribution in [1.82, 2.24) is 0 Å². The number of hydrogen-bond donors (Lipinski definition) is 1. The van der Waals surface area contributed by atoms with E-state index >= 15 is 0 Å². The quantitative estimate of drug-likeness (QED) is 0.478. The van der Waals surface area contributed by atoms with Crippen LogP contribution in [0.4, 0.5) is 0 Å². The van der Waals surface area contributed by atoms with Crippen LogP contribution in [0.3, 0.4) is 0 Å². The second-order valence-electron chi connectivity index (χ2n) is 6.15. The van der Waals surface area contributed by atoms with Crippen molar-refractivity contribution in [1.29, 1.82) is 0 Å². The molecule has 3 unspecified atom stereocenters. The van der Waals surface area contributed by atoms with E-state index in [0.29, 0.717) is 0 Å². The monoisotopic (exact) mass is 291 g/mol. The van der Waals surface area contributed by atoms with Crippen molar-refractivity contribution in [3.05, 3.63) is 0 Å². The molecule has 0 aliphatic heterocycles. The number of carbonyl (C=O) groups excluding carboxylic acids is 1. The molecule has 2 N–H and O–H groups in total. The minimum atomic E-state index is -1.41. The Bertz CT molecular complexity index is 310. The summed E-state index contributed by atoms with van der Waals surface area (Å²) >= 11 is 0. The fourth-order valence-corrected chi connectivity index (χ4v) is 2.90. The number of hydrogen-bond acceptors (Lipinski definition) is 5. The average molecular weight is 291 g/mol. The predicted octanol–water partition coefficient (Wildman–Crippen LogP) is 2.50. The topological polar surface area (TPSA) is 78.6 Å². The Hall–Kier alpha value is -0.380. The van der Waals surface area contributed by atoms with Crippen LogP contribution in [0.5, 0.6) is 0 Å². The molecule has 1 aliphatic carbocycles. The van der Waals surface area contributed by atoms with Crippen molar-refractivity contribution in [3.8, 4) is 0 Å². The number of rotatable bonds is 5. The highest BCUT2D eigenvalue weighted by molar-refractivity contribution is 7.17. The van der Waals surface area contributed by atoms with Gasteiger partial charge in [-0.15, -0.1) is 0 Å². The third-order valence-electron chi connectivity index (χ3n) is 3.40. The van der Waals surface area contributed by atoms with Crippen molar-refractivity contribution in [2.24, 2.45) is 17.6 Å². The van der Waals surface area contributed by atoms with Gasteiger partial charge in [-0.2, -0.15) is 0 Å². The Morgan fingerprint density at radius 1 is 1.26 bits per heavy atom. The first kappa shape index (κ1) is 16.7. The standard InChI is InChI=1S/C13H26NO4P/c1-13(2,3)17-12(15)10(11(14)18-19-16)9-7-5-4-6-8-9/h9-11H,4-8,14,19H2,1-3H3. The summed E-state index contributed by atoms with van der Waals surface area (Å²) in [7, 11) is -1.41. The summed E-state index contributed by atoms with van der Waals surface area (Å²) in [5, 5.41) is 0. The van der Waals surface area contributed by atoms with E-state index in [1.54, 1.807) is 0 Å². The maximum absolute atomic E-state index is 12.3. The lowest BCUT2D eigenvalue weighted by atomic mass is 9.79.